The number of guanidine groups is 1. The van der Waals surface area contributed by atoms with E-state index in [1.807, 2.05) is 36.9 Å². The van der Waals surface area contributed by atoms with Gasteiger partial charge in [0.15, 0.2) is 5.96 Å². The van der Waals surface area contributed by atoms with Gasteiger partial charge in [-0.3, -0.25) is 9.58 Å². The molecule has 1 aromatic heterocycles. The number of morpholine rings is 1. The molecule has 0 saturated carbocycles. The number of nitrogens with one attached hydrogen (secondary N) is 2. The van der Waals surface area contributed by atoms with Gasteiger partial charge in [0.05, 0.1) is 31.5 Å². The third kappa shape index (κ3) is 6.93. The number of aliphatic imine (C=N–C) groups is 1. The molecule has 29 heavy (non-hydrogen) atoms. The molecule has 1 aromatic carbocycles. The Morgan fingerprint density at radius 2 is 1.93 bits per heavy atom. The number of ether oxygens (including phenoxy) is 1. The molecule has 160 valence electrons. The number of halogens is 2. The van der Waals surface area contributed by atoms with E-state index in [0.29, 0.717) is 26.3 Å². The van der Waals surface area contributed by atoms with Crippen molar-refractivity contribution in [3.8, 4) is 0 Å². The lowest BCUT2D eigenvalue weighted by Gasteiger charge is -2.35. The Balaban J connectivity index is 0.00000300. The lowest BCUT2D eigenvalue weighted by molar-refractivity contribution is 0.0170. The molecule has 1 fully saturated rings. The molecule has 0 radical (unpaired) electrons. The summed E-state index contributed by atoms with van der Waals surface area (Å²) in [6.45, 7) is 7.17. The van der Waals surface area contributed by atoms with Gasteiger partial charge in [0.2, 0.25) is 0 Å². The van der Waals surface area contributed by atoms with E-state index >= 15 is 0 Å². The fourth-order valence-electron chi connectivity index (χ4n) is 3.28. The molecule has 1 saturated heterocycles. The fraction of sp³-hybridized carbons (Fsp3) is 0.500. The predicted octanol–water partition coefficient (Wildman–Crippen LogP) is 2.31. The monoisotopic (exact) mass is 516 g/mol. The van der Waals surface area contributed by atoms with Gasteiger partial charge in [-0.25, -0.2) is 9.38 Å². The Kier molecular flexibility index (Phi) is 9.82. The van der Waals surface area contributed by atoms with Crippen molar-refractivity contribution in [3.63, 3.8) is 0 Å². The van der Waals surface area contributed by atoms with Crippen LogP contribution in [0, 0.1) is 5.82 Å². The average Bonchev–Trinajstić information content (AvgIpc) is 3.13. The van der Waals surface area contributed by atoms with Gasteiger partial charge in [0.1, 0.15) is 5.82 Å². The van der Waals surface area contributed by atoms with Crippen LogP contribution in [0.4, 0.5) is 4.39 Å². The average molecular weight is 516 g/mol. The van der Waals surface area contributed by atoms with Gasteiger partial charge in [-0.2, -0.15) is 5.10 Å². The third-order valence-electron chi connectivity index (χ3n) is 4.87. The van der Waals surface area contributed by atoms with Crippen LogP contribution in [0.2, 0.25) is 0 Å². The van der Waals surface area contributed by atoms with Crippen molar-refractivity contribution in [2.75, 3.05) is 39.4 Å². The number of hydrogen-bond donors (Lipinski definition) is 2. The SMILES string of the molecule is CCNC(=NCc1ccnn1C)NCC(c1ccc(F)cc1)N1CCOCC1.I. The number of rotatable bonds is 7. The van der Waals surface area contributed by atoms with Crippen LogP contribution in [0.25, 0.3) is 0 Å². The van der Waals surface area contributed by atoms with E-state index in [0.717, 1.165) is 36.9 Å². The maximum absolute atomic E-state index is 13.4. The second-order valence-corrected chi connectivity index (χ2v) is 6.74. The summed E-state index contributed by atoms with van der Waals surface area (Å²) in [5.41, 5.74) is 2.12. The second-order valence-electron chi connectivity index (χ2n) is 6.74. The van der Waals surface area contributed by atoms with Crippen molar-refractivity contribution in [3.05, 3.63) is 53.6 Å². The smallest absolute Gasteiger partial charge is 0.191 e. The number of benzene rings is 1. The minimum Gasteiger partial charge on any atom is -0.379 e. The molecule has 9 heteroatoms. The Labute approximate surface area is 188 Å². The van der Waals surface area contributed by atoms with Gasteiger partial charge in [-0.15, -0.1) is 24.0 Å². The van der Waals surface area contributed by atoms with Gasteiger partial charge in [0, 0.05) is 39.4 Å². The standard InChI is InChI=1S/C20H29FN6O.HI/c1-3-22-20(23-14-18-8-9-25-26(18)2)24-15-19(27-10-12-28-13-11-27)16-4-6-17(21)7-5-16;/h4-9,19H,3,10-15H2,1-2H3,(H2,22,23,24);1H. The van der Waals surface area contributed by atoms with Crippen LogP contribution in [0.1, 0.15) is 24.2 Å². The van der Waals surface area contributed by atoms with Crippen LogP contribution in [0.3, 0.4) is 0 Å². The van der Waals surface area contributed by atoms with E-state index in [1.165, 1.54) is 12.1 Å². The normalized spacial score (nSPS) is 16.2. The van der Waals surface area contributed by atoms with E-state index in [2.05, 4.69) is 25.6 Å². The Hall–Kier alpha value is -1.72. The van der Waals surface area contributed by atoms with Gasteiger partial charge in [0.25, 0.3) is 0 Å². The van der Waals surface area contributed by atoms with Crippen LogP contribution in [-0.2, 0) is 18.3 Å². The summed E-state index contributed by atoms with van der Waals surface area (Å²) in [5, 5.41) is 10.9. The minimum atomic E-state index is -0.219. The van der Waals surface area contributed by atoms with Gasteiger partial charge in [-0.1, -0.05) is 12.1 Å². The van der Waals surface area contributed by atoms with Crippen LogP contribution < -0.4 is 10.6 Å². The first-order chi connectivity index (χ1) is 13.7. The van der Waals surface area contributed by atoms with Gasteiger partial charge in [-0.05, 0) is 30.7 Å². The van der Waals surface area contributed by atoms with E-state index in [-0.39, 0.29) is 35.8 Å². The highest BCUT2D eigenvalue weighted by molar-refractivity contribution is 14.0. The first-order valence-electron chi connectivity index (χ1n) is 9.73. The van der Waals surface area contributed by atoms with Gasteiger partial charge >= 0.3 is 0 Å². The molecule has 2 N–H and O–H groups in total. The van der Waals surface area contributed by atoms with Crippen molar-refractivity contribution < 1.29 is 9.13 Å². The van der Waals surface area contributed by atoms with E-state index in [9.17, 15) is 4.39 Å². The Morgan fingerprint density at radius 3 is 2.55 bits per heavy atom. The topological polar surface area (TPSA) is 66.7 Å². The maximum atomic E-state index is 13.4. The molecule has 1 aliphatic rings. The molecule has 1 atom stereocenters. The summed E-state index contributed by atoms with van der Waals surface area (Å²) in [5.74, 6) is 0.535. The maximum Gasteiger partial charge on any atom is 0.191 e. The number of nitrogens with zero attached hydrogens (tertiary/aromatic N) is 4. The first-order valence-corrected chi connectivity index (χ1v) is 9.73. The highest BCUT2D eigenvalue weighted by Crippen LogP contribution is 2.21. The molecule has 0 amide bonds. The number of hydrogen-bond acceptors (Lipinski definition) is 4. The van der Waals surface area contributed by atoms with Crippen molar-refractivity contribution >= 4 is 29.9 Å². The Bertz CT molecular complexity index is 761. The molecule has 1 aliphatic heterocycles. The summed E-state index contributed by atoms with van der Waals surface area (Å²) in [6, 6.07) is 8.83. The van der Waals surface area contributed by atoms with Crippen LogP contribution in [0.15, 0.2) is 41.5 Å². The fourth-order valence-corrected chi connectivity index (χ4v) is 3.28. The molecule has 0 bridgehead atoms. The molecule has 0 spiro atoms. The predicted molar refractivity (Wildman–Crippen MR) is 123 cm³/mol. The summed E-state index contributed by atoms with van der Waals surface area (Å²) >= 11 is 0. The molecule has 7 nitrogen and oxygen atoms in total. The van der Waals surface area contributed by atoms with E-state index < -0.39 is 0 Å². The highest BCUT2D eigenvalue weighted by atomic mass is 127. The van der Waals surface area contributed by atoms with Crippen molar-refractivity contribution in [2.24, 2.45) is 12.0 Å². The van der Waals surface area contributed by atoms with Gasteiger partial charge < -0.3 is 15.4 Å². The highest BCUT2D eigenvalue weighted by Gasteiger charge is 2.23. The zero-order valence-corrected chi connectivity index (χ0v) is 19.3. The van der Waals surface area contributed by atoms with Crippen LogP contribution in [0.5, 0.6) is 0 Å². The van der Waals surface area contributed by atoms with Crippen molar-refractivity contribution in [1.82, 2.24) is 25.3 Å². The number of aromatic nitrogens is 2. The molecule has 2 heterocycles. The lowest BCUT2D eigenvalue weighted by Crippen LogP contribution is -2.46. The van der Waals surface area contributed by atoms with Crippen LogP contribution in [-0.4, -0.2) is 60.0 Å². The molecule has 3 rings (SSSR count). The number of aryl methyl sites for hydroxylation is 1. The summed E-state index contributed by atoms with van der Waals surface area (Å²) in [7, 11) is 1.91. The summed E-state index contributed by atoms with van der Waals surface area (Å²) < 4.78 is 20.7. The zero-order chi connectivity index (χ0) is 19.8. The van der Waals surface area contributed by atoms with E-state index in [4.69, 9.17) is 4.74 Å². The molecule has 0 aliphatic carbocycles. The van der Waals surface area contributed by atoms with Crippen molar-refractivity contribution in [2.45, 2.75) is 19.5 Å². The molecule has 2 aromatic rings. The quantitative estimate of drug-likeness (QED) is 0.336. The largest absolute Gasteiger partial charge is 0.379 e. The second kappa shape index (κ2) is 12.1. The first kappa shape index (κ1) is 23.6. The molecular formula is C20H30FIN6O. The lowest BCUT2D eigenvalue weighted by atomic mass is 10.0. The summed E-state index contributed by atoms with van der Waals surface area (Å²) in [4.78, 5) is 7.04. The summed E-state index contributed by atoms with van der Waals surface area (Å²) in [6.07, 6.45) is 1.77. The zero-order valence-electron chi connectivity index (χ0n) is 17.0. The minimum absolute atomic E-state index is 0. The third-order valence-corrected chi connectivity index (χ3v) is 4.87. The Morgan fingerprint density at radius 1 is 1.21 bits per heavy atom. The van der Waals surface area contributed by atoms with Crippen LogP contribution >= 0.6 is 24.0 Å². The van der Waals surface area contributed by atoms with Crippen molar-refractivity contribution in [1.29, 1.82) is 0 Å². The van der Waals surface area contributed by atoms with E-state index in [1.54, 1.807) is 6.20 Å². The molecule has 1 unspecified atom stereocenters. The molecular weight excluding hydrogens is 486 g/mol.